The smallest absolute Gasteiger partial charge is 0.494 e. The summed E-state index contributed by atoms with van der Waals surface area (Å²) < 4.78 is -0.306. The number of thiocarbonyl (C=S) groups is 2. The van der Waals surface area contributed by atoms with Crippen LogP contribution in [0.15, 0.2) is 0 Å². The fourth-order valence-electron chi connectivity index (χ4n) is 0. The zero-order chi connectivity index (χ0) is 7.15. The topological polar surface area (TPSA) is 70.0 Å². The van der Waals surface area contributed by atoms with E-state index in [1.165, 1.54) is 0 Å². The minimum atomic E-state index is -0.306. The summed E-state index contributed by atoms with van der Waals surface area (Å²) in [5.74, 6) is 0. The van der Waals surface area contributed by atoms with Crippen molar-refractivity contribution < 1.29 is 34.7 Å². The van der Waals surface area contributed by atoms with E-state index in [4.69, 9.17) is 10.8 Å². The maximum atomic E-state index is 7.65. The molecule has 7 heteroatoms. The minimum Gasteiger partial charge on any atom is -0.494 e. The number of aliphatic hydroxyl groups excluding tert-OH is 1. The molecule has 0 aliphatic heterocycles. The first-order valence-corrected chi connectivity index (χ1v) is 2.66. The van der Waals surface area contributed by atoms with Gasteiger partial charge in [0.1, 0.15) is 0 Å². The molecule has 9 heavy (non-hydrogen) atoms. The van der Waals surface area contributed by atoms with Crippen LogP contribution in [0.3, 0.4) is 0 Å². The van der Waals surface area contributed by atoms with E-state index >= 15 is 0 Å². The molecule has 0 radical (unpaired) electrons. The van der Waals surface area contributed by atoms with E-state index in [1.54, 1.807) is 0 Å². The Morgan fingerprint density at radius 2 is 1.56 bits per heavy atom. The van der Waals surface area contributed by atoms with Gasteiger partial charge < -0.3 is 16.6 Å². The SMILES string of the molecule is OC(=S)S.[NH-]C(N)=S.[Na+]. The minimum absolute atomic E-state index is 0. The van der Waals surface area contributed by atoms with Gasteiger partial charge in [-0.3, -0.25) is 0 Å². The van der Waals surface area contributed by atoms with Crippen molar-refractivity contribution in [1.29, 1.82) is 0 Å². The number of rotatable bonds is 0. The Hall–Kier alpha value is 0.930. The summed E-state index contributed by atoms with van der Waals surface area (Å²) in [6.45, 7) is 0. The van der Waals surface area contributed by atoms with E-state index in [9.17, 15) is 0 Å². The van der Waals surface area contributed by atoms with Crippen molar-refractivity contribution in [2.45, 2.75) is 0 Å². The molecule has 0 aromatic heterocycles. The van der Waals surface area contributed by atoms with Gasteiger partial charge >= 0.3 is 29.6 Å². The maximum absolute atomic E-state index is 7.65. The number of nitrogens with two attached hydrogens (primary N) is 1. The number of aliphatic hydroxyl groups is 1. The van der Waals surface area contributed by atoms with Crippen LogP contribution in [0.25, 0.3) is 5.73 Å². The van der Waals surface area contributed by atoms with E-state index in [2.05, 4.69) is 42.8 Å². The van der Waals surface area contributed by atoms with Gasteiger partial charge in [0.25, 0.3) is 0 Å². The summed E-state index contributed by atoms with van der Waals surface area (Å²) in [6.07, 6.45) is 0. The van der Waals surface area contributed by atoms with Crippen LogP contribution in [0.2, 0.25) is 0 Å². The average Bonchev–Trinajstić information content (AvgIpc) is 1.25. The molecule has 0 amide bonds. The van der Waals surface area contributed by atoms with Crippen LogP contribution in [0.4, 0.5) is 0 Å². The second kappa shape index (κ2) is 11.7. The molecule has 0 aromatic carbocycles. The fraction of sp³-hybridized carbons (Fsp3) is 0. The van der Waals surface area contributed by atoms with Gasteiger partial charge in [0.2, 0.25) is 4.38 Å². The third kappa shape index (κ3) is 496. The molecule has 4 N–H and O–H groups in total. The largest absolute Gasteiger partial charge is 1.00 e. The molecule has 0 aromatic rings. The summed E-state index contributed by atoms with van der Waals surface area (Å²) in [5.41, 5.74) is 10.6. The number of hydrogen-bond acceptors (Lipinski definition) is 2. The van der Waals surface area contributed by atoms with Gasteiger partial charge in [-0.2, -0.15) is 0 Å². The summed E-state index contributed by atoms with van der Waals surface area (Å²) in [7, 11) is 0. The third-order valence-electron chi connectivity index (χ3n) is 0. The summed E-state index contributed by atoms with van der Waals surface area (Å²) in [5, 5.41) is 7.40. The van der Waals surface area contributed by atoms with Crippen molar-refractivity contribution in [2.24, 2.45) is 5.73 Å². The van der Waals surface area contributed by atoms with Crippen LogP contribution in [0, 0.1) is 0 Å². The van der Waals surface area contributed by atoms with Crippen molar-refractivity contribution in [2.75, 3.05) is 0 Å². The molecule has 0 unspecified atom stereocenters. The quantitative estimate of drug-likeness (QED) is 0.237. The molecule has 0 saturated carbocycles. The predicted octanol–water partition coefficient (Wildman–Crippen LogP) is -1.95. The second-order valence-electron chi connectivity index (χ2n) is 0.647. The van der Waals surface area contributed by atoms with Gasteiger partial charge in [0.05, 0.1) is 0 Å². The van der Waals surface area contributed by atoms with Crippen LogP contribution in [-0.2, 0) is 0 Å². The van der Waals surface area contributed by atoms with Crippen molar-refractivity contribution in [3.05, 3.63) is 5.73 Å². The van der Waals surface area contributed by atoms with E-state index in [-0.39, 0.29) is 39.1 Å². The van der Waals surface area contributed by atoms with E-state index < -0.39 is 0 Å². The fourth-order valence-corrected chi connectivity index (χ4v) is 0. The van der Waals surface area contributed by atoms with Gasteiger partial charge in [-0.25, -0.2) is 0 Å². The zero-order valence-corrected chi connectivity index (χ0v) is 9.32. The molecule has 0 saturated heterocycles. The number of thiol groups is 1. The molecule has 0 rings (SSSR count). The van der Waals surface area contributed by atoms with Crippen molar-refractivity contribution in [1.82, 2.24) is 0 Å². The van der Waals surface area contributed by atoms with Crippen molar-refractivity contribution >= 4 is 46.6 Å². The molecule has 48 valence electrons. The third-order valence-corrected chi connectivity index (χ3v) is 0. The second-order valence-corrected chi connectivity index (χ2v) is 2.20. The Morgan fingerprint density at radius 3 is 1.56 bits per heavy atom. The van der Waals surface area contributed by atoms with E-state index in [0.29, 0.717) is 0 Å². The first-order valence-electron chi connectivity index (χ1n) is 1.39. The van der Waals surface area contributed by atoms with Crippen LogP contribution in [0.5, 0.6) is 0 Å². The number of hydrogen-bond donors (Lipinski definition) is 3. The van der Waals surface area contributed by atoms with Gasteiger partial charge in [0, 0.05) is 0 Å². The average molecular weight is 192 g/mol. The van der Waals surface area contributed by atoms with Gasteiger partial charge in [-0.05, 0) is 17.3 Å². The number of nitrogens with one attached hydrogen (secondary N) is 1. The molecule has 0 spiro atoms. The first kappa shape index (κ1) is 16.5. The molecule has 3 nitrogen and oxygen atoms in total. The zero-order valence-electron chi connectivity index (χ0n) is 4.79. The Labute approximate surface area is 91.9 Å². The Balaban J connectivity index is -0.0000000720. The van der Waals surface area contributed by atoms with Gasteiger partial charge in [-0.1, -0.05) is 24.8 Å². The van der Waals surface area contributed by atoms with E-state index in [1.807, 2.05) is 0 Å². The monoisotopic (exact) mass is 192 g/mol. The summed E-state index contributed by atoms with van der Waals surface area (Å²) in [4.78, 5) is 0. The molecule has 0 aliphatic rings. The standard InChI is InChI=1S/CH4N2S.CH2OS2.Na/c2*2-1(3)4;/h(H4,2,3,4);(H2,2,3,4);/q;;+1/p-1. The van der Waals surface area contributed by atoms with Crippen LogP contribution in [0.1, 0.15) is 0 Å². The van der Waals surface area contributed by atoms with Crippen LogP contribution >= 0.6 is 37.1 Å². The Morgan fingerprint density at radius 1 is 1.56 bits per heavy atom. The first-order chi connectivity index (χ1) is 3.46. The van der Waals surface area contributed by atoms with Crippen molar-refractivity contribution in [3.8, 4) is 0 Å². The summed E-state index contributed by atoms with van der Waals surface area (Å²) in [6, 6.07) is 0. The summed E-state index contributed by atoms with van der Waals surface area (Å²) >= 11 is 11.2. The Kier molecular flexibility index (Phi) is 21.4. The molecule has 0 heterocycles. The molecule has 0 fully saturated rings. The molecular formula is C2H5N2NaOS3. The molecule has 0 aliphatic carbocycles. The normalized spacial score (nSPS) is 5.44. The molecule has 0 bridgehead atoms. The maximum Gasteiger partial charge on any atom is 1.00 e. The molecule has 0 atom stereocenters. The predicted molar refractivity (Wildman–Crippen MR) is 45.3 cm³/mol. The van der Waals surface area contributed by atoms with Gasteiger partial charge in [-0.15, -0.1) is 0 Å². The molecular weight excluding hydrogens is 187 g/mol. The van der Waals surface area contributed by atoms with Gasteiger partial charge in [0.15, 0.2) is 0 Å². The van der Waals surface area contributed by atoms with E-state index in [0.717, 1.165) is 0 Å². The van der Waals surface area contributed by atoms with Crippen LogP contribution < -0.4 is 35.3 Å². The Bertz CT molecular complexity index is 77.8. The van der Waals surface area contributed by atoms with Crippen molar-refractivity contribution in [3.63, 3.8) is 0 Å². The van der Waals surface area contributed by atoms with Crippen LogP contribution in [-0.4, -0.2) is 14.6 Å².